The molecule has 0 aliphatic rings. The van der Waals surface area contributed by atoms with Crippen LogP contribution >= 0.6 is 11.6 Å². The lowest BCUT2D eigenvalue weighted by Gasteiger charge is -2.13. The lowest BCUT2D eigenvalue weighted by Crippen LogP contribution is -2.22. The van der Waals surface area contributed by atoms with Gasteiger partial charge in [-0.1, -0.05) is 11.6 Å². The number of nitrogens with one attached hydrogen (secondary N) is 2. The molecular formula is C17H19ClN2O4. The van der Waals surface area contributed by atoms with E-state index in [1.807, 2.05) is 24.3 Å². The van der Waals surface area contributed by atoms with Gasteiger partial charge in [-0.05, 0) is 24.3 Å². The summed E-state index contributed by atoms with van der Waals surface area (Å²) in [6, 6.07) is 10.5. The van der Waals surface area contributed by atoms with Gasteiger partial charge in [0, 0.05) is 17.8 Å². The van der Waals surface area contributed by atoms with E-state index in [-0.39, 0.29) is 12.5 Å². The second-order valence-corrected chi connectivity index (χ2v) is 5.22. The smallest absolute Gasteiger partial charge is 0.243 e. The van der Waals surface area contributed by atoms with E-state index in [4.69, 9.17) is 25.8 Å². The first kappa shape index (κ1) is 17.7. The molecule has 2 rings (SSSR count). The van der Waals surface area contributed by atoms with E-state index in [1.54, 1.807) is 19.2 Å². The maximum Gasteiger partial charge on any atom is 0.243 e. The summed E-state index contributed by atoms with van der Waals surface area (Å²) in [5.41, 5.74) is 1.30. The molecule has 6 nitrogen and oxygen atoms in total. The van der Waals surface area contributed by atoms with Gasteiger partial charge in [0.25, 0.3) is 0 Å². The maximum atomic E-state index is 12.1. The van der Waals surface area contributed by atoms with Crippen LogP contribution in [0, 0.1) is 0 Å². The molecule has 0 aliphatic carbocycles. The third-order valence-electron chi connectivity index (χ3n) is 3.29. The topological polar surface area (TPSA) is 68.8 Å². The normalized spacial score (nSPS) is 10.0. The van der Waals surface area contributed by atoms with Crippen molar-refractivity contribution in [2.45, 2.75) is 0 Å². The third-order valence-corrected chi connectivity index (χ3v) is 3.59. The van der Waals surface area contributed by atoms with Crippen molar-refractivity contribution in [1.29, 1.82) is 0 Å². The SMILES string of the molecule is COc1ccc(NCC(=O)Nc2cc(OC)c(Cl)cc2OC)cc1. The molecule has 0 aliphatic heterocycles. The number of hydrogen-bond donors (Lipinski definition) is 2. The van der Waals surface area contributed by atoms with Gasteiger partial charge in [0.2, 0.25) is 5.91 Å². The summed E-state index contributed by atoms with van der Waals surface area (Å²) in [5, 5.41) is 6.20. The average molecular weight is 351 g/mol. The number of hydrogen-bond acceptors (Lipinski definition) is 5. The summed E-state index contributed by atoms with van der Waals surface area (Å²) in [4.78, 5) is 12.1. The molecule has 7 heteroatoms. The highest BCUT2D eigenvalue weighted by Gasteiger charge is 2.12. The molecule has 2 N–H and O–H groups in total. The monoisotopic (exact) mass is 350 g/mol. The Morgan fingerprint density at radius 1 is 1.00 bits per heavy atom. The van der Waals surface area contributed by atoms with Crippen molar-refractivity contribution in [3.63, 3.8) is 0 Å². The number of ether oxygens (including phenoxy) is 3. The maximum absolute atomic E-state index is 12.1. The van der Waals surface area contributed by atoms with Gasteiger partial charge in [-0.2, -0.15) is 0 Å². The van der Waals surface area contributed by atoms with Crippen molar-refractivity contribution in [2.75, 3.05) is 38.5 Å². The van der Waals surface area contributed by atoms with E-state index in [0.717, 1.165) is 11.4 Å². The van der Waals surface area contributed by atoms with Gasteiger partial charge < -0.3 is 24.8 Å². The molecule has 1 amide bonds. The van der Waals surface area contributed by atoms with Crippen LogP contribution in [-0.2, 0) is 4.79 Å². The van der Waals surface area contributed by atoms with E-state index < -0.39 is 0 Å². The average Bonchev–Trinajstić information content (AvgIpc) is 2.61. The lowest BCUT2D eigenvalue weighted by atomic mass is 10.2. The number of methoxy groups -OCH3 is 3. The summed E-state index contributed by atoms with van der Waals surface area (Å²) in [6.07, 6.45) is 0. The number of carbonyl (C=O) groups is 1. The highest BCUT2D eigenvalue weighted by molar-refractivity contribution is 6.32. The first-order valence-electron chi connectivity index (χ1n) is 7.16. The van der Waals surface area contributed by atoms with Crippen molar-refractivity contribution >= 4 is 28.9 Å². The van der Waals surface area contributed by atoms with Crippen LogP contribution in [0.25, 0.3) is 0 Å². The van der Waals surface area contributed by atoms with Crippen molar-refractivity contribution < 1.29 is 19.0 Å². The van der Waals surface area contributed by atoms with E-state index in [0.29, 0.717) is 22.2 Å². The summed E-state index contributed by atoms with van der Waals surface area (Å²) in [7, 11) is 4.61. The first-order chi connectivity index (χ1) is 11.6. The molecule has 24 heavy (non-hydrogen) atoms. The molecule has 0 bridgehead atoms. The number of anilines is 2. The minimum absolute atomic E-state index is 0.0976. The molecule has 0 saturated heterocycles. The highest BCUT2D eigenvalue weighted by atomic mass is 35.5. The number of halogens is 1. The second kappa shape index (κ2) is 8.31. The molecular weight excluding hydrogens is 332 g/mol. The van der Waals surface area contributed by atoms with E-state index >= 15 is 0 Å². The summed E-state index contributed by atoms with van der Waals surface area (Å²) < 4.78 is 15.5. The number of amides is 1. The molecule has 2 aromatic carbocycles. The van der Waals surface area contributed by atoms with Crippen LogP contribution < -0.4 is 24.8 Å². The minimum atomic E-state index is -0.228. The van der Waals surface area contributed by atoms with Crippen LogP contribution in [0.3, 0.4) is 0 Å². The largest absolute Gasteiger partial charge is 0.497 e. The zero-order chi connectivity index (χ0) is 17.5. The summed E-state index contributed by atoms with van der Waals surface area (Å²) >= 11 is 6.04. The minimum Gasteiger partial charge on any atom is -0.497 e. The Balaban J connectivity index is 2.01. The lowest BCUT2D eigenvalue weighted by molar-refractivity contribution is -0.114. The Kier molecular flexibility index (Phi) is 6.14. The van der Waals surface area contributed by atoms with Crippen molar-refractivity contribution in [3.8, 4) is 17.2 Å². The van der Waals surface area contributed by atoms with Crippen LogP contribution in [0.4, 0.5) is 11.4 Å². The Labute approximate surface area is 145 Å². The van der Waals surface area contributed by atoms with Crippen LogP contribution in [0.15, 0.2) is 36.4 Å². The zero-order valence-corrected chi connectivity index (χ0v) is 14.4. The molecule has 128 valence electrons. The molecule has 2 aromatic rings. The van der Waals surface area contributed by atoms with Gasteiger partial charge in [0.1, 0.15) is 17.2 Å². The summed E-state index contributed by atoms with van der Waals surface area (Å²) in [6.45, 7) is 0.0976. The van der Waals surface area contributed by atoms with Crippen LogP contribution in [0.5, 0.6) is 17.2 Å². The highest BCUT2D eigenvalue weighted by Crippen LogP contribution is 2.35. The quantitative estimate of drug-likeness (QED) is 0.800. The van der Waals surface area contributed by atoms with Gasteiger partial charge in [0.15, 0.2) is 0 Å². The molecule has 0 aromatic heterocycles. The van der Waals surface area contributed by atoms with Crippen LogP contribution in [0.2, 0.25) is 5.02 Å². The van der Waals surface area contributed by atoms with E-state index in [1.165, 1.54) is 14.2 Å². The molecule has 0 spiro atoms. The Bertz CT molecular complexity index is 704. The van der Waals surface area contributed by atoms with Gasteiger partial charge in [-0.3, -0.25) is 4.79 Å². The van der Waals surface area contributed by atoms with Crippen molar-refractivity contribution in [2.24, 2.45) is 0 Å². The number of rotatable bonds is 7. The predicted molar refractivity (Wildman–Crippen MR) is 94.7 cm³/mol. The molecule has 0 fully saturated rings. The zero-order valence-electron chi connectivity index (χ0n) is 13.7. The predicted octanol–water partition coefficient (Wildman–Crippen LogP) is 3.42. The molecule has 0 unspecified atom stereocenters. The van der Waals surface area contributed by atoms with Gasteiger partial charge in [-0.25, -0.2) is 0 Å². The van der Waals surface area contributed by atoms with Crippen molar-refractivity contribution in [3.05, 3.63) is 41.4 Å². The van der Waals surface area contributed by atoms with Gasteiger partial charge in [0.05, 0.1) is 38.6 Å². The number of carbonyl (C=O) groups excluding carboxylic acids is 1. The second-order valence-electron chi connectivity index (χ2n) is 4.82. The Morgan fingerprint density at radius 2 is 1.67 bits per heavy atom. The molecule has 0 heterocycles. The van der Waals surface area contributed by atoms with E-state index in [2.05, 4.69) is 10.6 Å². The van der Waals surface area contributed by atoms with Crippen molar-refractivity contribution in [1.82, 2.24) is 0 Å². The van der Waals surface area contributed by atoms with E-state index in [9.17, 15) is 4.79 Å². The Hall–Kier alpha value is -2.60. The molecule has 0 radical (unpaired) electrons. The fourth-order valence-corrected chi connectivity index (χ4v) is 2.27. The van der Waals surface area contributed by atoms with Crippen LogP contribution in [-0.4, -0.2) is 33.8 Å². The molecule has 0 saturated carbocycles. The fraction of sp³-hybridized carbons (Fsp3) is 0.235. The van der Waals surface area contributed by atoms with Crippen LogP contribution in [0.1, 0.15) is 0 Å². The molecule has 0 atom stereocenters. The number of benzene rings is 2. The fourth-order valence-electron chi connectivity index (χ4n) is 2.04. The standard InChI is InChI=1S/C17H19ClN2O4/c1-22-12-6-4-11(5-7-12)19-10-17(21)20-14-9-15(23-2)13(18)8-16(14)24-3/h4-9,19H,10H2,1-3H3,(H,20,21). The Morgan fingerprint density at radius 3 is 2.25 bits per heavy atom. The van der Waals surface area contributed by atoms with Gasteiger partial charge >= 0.3 is 0 Å². The third kappa shape index (κ3) is 4.45. The summed E-state index contributed by atoms with van der Waals surface area (Å²) in [5.74, 6) is 1.44. The first-order valence-corrected chi connectivity index (χ1v) is 7.54. The van der Waals surface area contributed by atoms with Gasteiger partial charge in [-0.15, -0.1) is 0 Å².